The van der Waals surface area contributed by atoms with E-state index in [4.69, 9.17) is 11.6 Å². The van der Waals surface area contributed by atoms with Crippen molar-refractivity contribution in [2.45, 2.75) is 24.0 Å². The van der Waals surface area contributed by atoms with E-state index in [1.807, 2.05) is 0 Å². The summed E-state index contributed by atoms with van der Waals surface area (Å²) in [6.07, 6.45) is 0. The highest BCUT2D eigenvalue weighted by Crippen LogP contribution is 2.40. The molecule has 25 heavy (non-hydrogen) atoms. The molecule has 0 aliphatic rings. The molecule has 1 N–H and O–H groups in total. The van der Waals surface area contributed by atoms with Gasteiger partial charge in [0.05, 0.1) is 10.1 Å². The molecule has 2 aromatic carbocycles. The summed E-state index contributed by atoms with van der Waals surface area (Å²) in [5, 5.41) is 8.68. The van der Waals surface area contributed by atoms with Gasteiger partial charge in [-0.25, -0.2) is 17.2 Å². The molecular formula is C18H19ClF2O3S. The fourth-order valence-electron chi connectivity index (χ4n) is 2.79. The maximum Gasteiger partial charge on any atom is 0.185 e. The Hall–Kier alpha value is -1.50. The van der Waals surface area contributed by atoms with Crippen molar-refractivity contribution in [3.8, 4) is 0 Å². The van der Waals surface area contributed by atoms with Gasteiger partial charge in [0.15, 0.2) is 9.84 Å². The van der Waals surface area contributed by atoms with Crippen molar-refractivity contribution in [3.63, 3.8) is 0 Å². The Bertz CT molecular complexity index is 836. The zero-order chi connectivity index (χ0) is 18.8. The van der Waals surface area contributed by atoms with Crippen LogP contribution in [0.5, 0.6) is 0 Å². The van der Waals surface area contributed by atoms with E-state index in [-0.39, 0.29) is 16.4 Å². The lowest BCUT2D eigenvalue weighted by molar-refractivity contribution is 0.182. The standard InChI is InChI=1S/C18H19ClF2O3S/c1-11(2)16(10-22)18(15-9-13(20)5-8-17(15)21)25(23,24)14-6-3-12(19)4-7-14/h3-9,11,16,18,22H,10H2,1-2H3/t16-,18+/m1/s1. The Balaban J connectivity index is 2.70. The molecule has 0 saturated carbocycles. The molecule has 0 fully saturated rings. The number of rotatable bonds is 6. The number of halogens is 3. The van der Waals surface area contributed by atoms with E-state index in [0.717, 1.165) is 18.2 Å². The summed E-state index contributed by atoms with van der Waals surface area (Å²) >= 11 is 5.80. The quantitative estimate of drug-likeness (QED) is 0.798. The highest BCUT2D eigenvalue weighted by Gasteiger charge is 2.39. The van der Waals surface area contributed by atoms with E-state index >= 15 is 0 Å². The minimum absolute atomic E-state index is 0.0651. The third-order valence-corrected chi connectivity index (χ3v) is 6.65. The van der Waals surface area contributed by atoms with Gasteiger partial charge in [-0.3, -0.25) is 0 Å². The van der Waals surface area contributed by atoms with Crippen molar-refractivity contribution in [1.82, 2.24) is 0 Å². The maximum atomic E-state index is 14.4. The molecule has 3 nitrogen and oxygen atoms in total. The average molecular weight is 389 g/mol. The highest BCUT2D eigenvalue weighted by molar-refractivity contribution is 7.91. The first-order valence-electron chi connectivity index (χ1n) is 7.73. The Labute approximate surface area is 151 Å². The Kier molecular flexibility index (Phi) is 6.19. The summed E-state index contributed by atoms with van der Waals surface area (Å²) in [5.41, 5.74) is -0.289. The molecule has 2 atom stereocenters. The number of aliphatic hydroxyl groups excluding tert-OH is 1. The molecule has 0 aliphatic heterocycles. The SMILES string of the molecule is CC(C)[C@@H](CO)[C@H](c1cc(F)ccc1F)S(=O)(=O)c1ccc(Cl)cc1. The van der Waals surface area contributed by atoms with Crippen LogP contribution in [-0.4, -0.2) is 20.1 Å². The van der Waals surface area contributed by atoms with Gasteiger partial charge in [0.1, 0.15) is 11.6 Å². The van der Waals surface area contributed by atoms with Gasteiger partial charge >= 0.3 is 0 Å². The first kappa shape index (κ1) is 19.8. The number of hydrogen-bond acceptors (Lipinski definition) is 3. The van der Waals surface area contributed by atoms with Gasteiger partial charge in [0.25, 0.3) is 0 Å². The molecule has 0 heterocycles. The van der Waals surface area contributed by atoms with Gasteiger partial charge < -0.3 is 5.11 Å². The number of hydrogen-bond donors (Lipinski definition) is 1. The zero-order valence-corrected chi connectivity index (χ0v) is 15.4. The Morgan fingerprint density at radius 2 is 1.68 bits per heavy atom. The van der Waals surface area contributed by atoms with Crippen LogP contribution in [0, 0.1) is 23.5 Å². The Morgan fingerprint density at radius 1 is 1.08 bits per heavy atom. The third kappa shape index (κ3) is 4.19. The first-order chi connectivity index (χ1) is 11.7. The van der Waals surface area contributed by atoms with E-state index in [2.05, 4.69) is 0 Å². The molecule has 0 bridgehead atoms. The summed E-state index contributed by atoms with van der Waals surface area (Å²) in [7, 11) is -4.09. The first-order valence-corrected chi connectivity index (χ1v) is 9.66. The average Bonchev–Trinajstić information content (AvgIpc) is 2.55. The fraction of sp³-hybridized carbons (Fsp3) is 0.333. The molecule has 0 aromatic heterocycles. The number of benzene rings is 2. The number of sulfone groups is 1. The lowest BCUT2D eigenvalue weighted by Crippen LogP contribution is -2.29. The van der Waals surface area contributed by atoms with E-state index < -0.39 is 39.2 Å². The summed E-state index contributed by atoms with van der Waals surface area (Å²) in [4.78, 5) is -0.0651. The second kappa shape index (κ2) is 7.81. The second-order valence-corrected chi connectivity index (χ2v) is 8.68. The second-order valence-electron chi connectivity index (χ2n) is 6.18. The third-order valence-electron chi connectivity index (χ3n) is 4.20. The molecule has 2 rings (SSSR count). The van der Waals surface area contributed by atoms with Crippen LogP contribution in [0.4, 0.5) is 8.78 Å². The molecule has 0 spiro atoms. The van der Waals surface area contributed by atoms with E-state index in [1.54, 1.807) is 13.8 Å². The summed E-state index contributed by atoms with van der Waals surface area (Å²) in [5.74, 6) is -2.66. The van der Waals surface area contributed by atoms with Crippen molar-refractivity contribution < 1.29 is 22.3 Å². The van der Waals surface area contributed by atoms with E-state index in [1.165, 1.54) is 24.3 Å². The minimum atomic E-state index is -4.09. The number of aliphatic hydroxyl groups is 1. The normalized spacial score (nSPS) is 14.5. The molecule has 136 valence electrons. The van der Waals surface area contributed by atoms with Crippen LogP contribution in [0.1, 0.15) is 24.7 Å². The van der Waals surface area contributed by atoms with Crippen molar-refractivity contribution in [1.29, 1.82) is 0 Å². The van der Waals surface area contributed by atoms with Crippen LogP contribution in [0.15, 0.2) is 47.4 Å². The van der Waals surface area contributed by atoms with Crippen molar-refractivity contribution in [2.75, 3.05) is 6.61 Å². The van der Waals surface area contributed by atoms with Crippen LogP contribution in [-0.2, 0) is 9.84 Å². The van der Waals surface area contributed by atoms with Crippen molar-refractivity contribution in [3.05, 3.63) is 64.7 Å². The highest BCUT2D eigenvalue weighted by atomic mass is 35.5. The smallest absolute Gasteiger partial charge is 0.185 e. The molecule has 0 aliphatic carbocycles. The predicted octanol–water partition coefficient (Wildman–Crippen LogP) is 4.40. The molecule has 0 radical (unpaired) electrons. The lowest BCUT2D eigenvalue weighted by atomic mass is 9.89. The van der Waals surface area contributed by atoms with Gasteiger partial charge in [0.2, 0.25) is 0 Å². The zero-order valence-electron chi connectivity index (χ0n) is 13.8. The van der Waals surface area contributed by atoms with Crippen molar-refractivity contribution in [2.24, 2.45) is 11.8 Å². The molecular weight excluding hydrogens is 370 g/mol. The van der Waals surface area contributed by atoms with E-state index in [9.17, 15) is 22.3 Å². The van der Waals surface area contributed by atoms with Crippen LogP contribution in [0.2, 0.25) is 5.02 Å². The summed E-state index contributed by atoms with van der Waals surface area (Å²) in [6.45, 7) is 2.97. The molecule has 7 heteroatoms. The maximum absolute atomic E-state index is 14.4. The molecule has 2 aromatic rings. The monoisotopic (exact) mass is 388 g/mol. The van der Waals surface area contributed by atoms with E-state index in [0.29, 0.717) is 5.02 Å². The molecule has 0 amide bonds. The van der Waals surface area contributed by atoms with Gasteiger partial charge in [0, 0.05) is 23.1 Å². The molecule has 0 unspecified atom stereocenters. The minimum Gasteiger partial charge on any atom is -0.396 e. The van der Waals surface area contributed by atoms with Crippen molar-refractivity contribution >= 4 is 21.4 Å². The van der Waals surface area contributed by atoms with Crippen LogP contribution in [0.25, 0.3) is 0 Å². The van der Waals surface area contributed by atoms with Gasteiger partial charge in [-0.05, 0) is 48.4 Å². The summed E-state index contributed by atoms with van der Waals surface area (Å²) in [6, 6.07) is 8.15. The van der Waals surface area contributed by atoms with Crippen LogP contribution in [0.3, 0.4) is 0 Å². The van der Waals surface area contributed by atoms with Gasteiger partial charge in [-0.2, -0.15) is 0 Å². The topological polar surface area (TPSA) is 54.4 Å². The van der Waals surface area contributed by atoms with Gasteiger partial charge in [-0.15, -0.1) is 0 Å². The van der Waals surface area contributed by atoms with Crippen LogP contribution < -0.4 is 0 Å². The summed E-state index contributed by atoms with van der Waals surface area (Å²) < 4.78 is 54.4. The fourth-order valence-corrected chi connectivity index (χ4v) is 5.10. The largest absolute Gasteiger partial charge is 0.396 e. The predicted molar refractivity (Wildman–Crippen MR) is 93.2 cm³/mol. The Morgan fingerprint density at radius 3 is 2.20 bits per heavy atom. The lowest BCUT2D eigenvalue weighted by Gasteiger charge is -2.29. The van der Waals surface area contributed by atoms with Gasteiger partial charge in [-0.1, -0.05) is 25.4 Å². The molecule has 0 saturated heterocycles. The van der Waals surface area contributed by atoms with Crippen LogP contribution >= 0.6 is 11.6 Å².